The van der Waals surface area contributed by atoms with E-state index in [2.05, 4.69) is 27.7 Å². The van der Waals surface area contributed by atoms with Crippen molar-refractivity contribution in [1.29, 1.82) is 0 Å². The van der Waals surface area contributed by atoms with Gasteiger partial charge in [0.15, 0.2) is 0 Å². The van der Waals surface area contributed by atoms with Gasteiger partial charge < -0.3 is 14.5 Å². The maximum atomic E-state index is 9.94. The fourth-order valence-corrected chi connectivity index (χ4v) is 6.51. The van der Waals surface area contributed by atoms with Crippen LogP contribution in [0, 0.1) is 11.3 Å². The largest absolute Gasteiger partial charge is 0.493 e. The molecule has 0 radical (unpaired) electrons. The van der Waals surface area contributed by atoms with Crippen LogP contribution in [0.4, 0.5) is 0 Å². The Hall–Kier alpha value is -0.675. The molecular formula is C21H27BCl2O3. The average molecular weight is 409 g/mol. The van der Waals surface area contributed by atoms with Crippen LogP contribution in [0.3, 0.4) is 0 Å². The van der Waals surface area contributed by atoms with Crippen molar-refractivity contribution in [3.05, 3.63) is 27.4 Å². The number of hydrogen-bond acceptors (Lipinski definition) is 3. The third-order valence-electron chi connectivity index (χ3n) is 7.33. The van der Waals surface area contributed by atoms with Crippen LogP contribution < -0.4 is 5.46 Å². The Morgan fingerprint density at radius 1 is 1.15 bits per heavy atom. The molecule has 3 unspecified atom stereocenters. The lowest BCUT2D eigenvalue weighted by atomic mass is 9.53. The van der Waals surface area contributed by atoms with Crippen LogP contribution in [-0.4, -0.2) is 17.2 Å². The van der Waals surface area contributed by atoms with E-state index in [4.69, 9.17) is 27.6 Å². The molecule has 3 nitrogen and oxygen atoms in total. The first-order valence-electron chi connectivity index (χ1n) is 9.89. The fourth-order valence-electron chi connectivity index (χ4n) is 6.06. The van der Waals surface area contributed by atoms with Crippen molar-refractivity contribution in [2.75, 3.05) is 0 Å². The molecule has 0 amide bonds. The second kappa shape index (κ2) is 6.42. The molecule has 6 heteroatoms. The highest BCUT2D eigenvalue weighted by atomic mass is 35.5. The molecule has 0 spiro atoms. The number of rotatable bonds is 1. The van der Waals surface area contributed by atoms with Gasteiger partial charge in [-0.1, -0.05) is 57.3 Å². The van der Waals surface area contributed by atoms with Crippen LogP contribution in [-0.2, 0) is 5.41 Å². The zero-order valence-electron chi connectivity index (χ0n) is 16.4. The minimum Gasteiger partial charge on any atom is -0.461 e. The smallest absolute Gasteiger partial charge is 0.461 e. The molecule has 1 heterocycles. The van der Waals surface area contributed by atoms with Gasteiger partial charge in [0, 0.05) is 22.3 Å². The molecule has 1 saturated carbocycles. The standard InChI is InChI=1S/C21H27BCl2O3/c1-11-6-7-14-20(2,3)8-5-9-21(14,4)15-12-10-13(23)17(24)16(22(25)26)19(12)27-18(11)15/h10-11,14,25-26H,5-9H2,1-4H3. The quantitative estimate of drug-likeness (QED) is 0.621. The zero-order valence-corrected chi connectivity index (χ0v) is 17.9. The monoisotopic (exact) mass is 408 g/mol. The summed E-state index contributed by atoms with van der Waals surface area (Å²) in [6.07, 6.45) is 5.76. The van der Waals surface area contributed by atoms with E-state index >= 15 is 0 Å². The van der Waals surface area contributed by atoms with E-state index < -0.39 is 7.12 Å². The summed E-state index contributed by atoms with van der Waals surface area (Å²) in [4.78, 5) is 0. The second-order valence-corrected chi connectivity index (χ2v) is 10.3. The first kappa shape index (κ1) is 19.6. The van der Waals surface area contributed by atoms with Gasteiger partial charge in [-0.3, -0.25) is 0 Å². The van der Waals surface area contributed by atoms with E-state index in [1.807, 2.05) is 6.07 Å². The van der Waals surface area contributed by atoms with E-state index in [0.29, 0.717) is 16.5 Å². The number of benzene rings is 1. The van der Waals surface area contributed by atoms with Gasteiger partial charge in [0.05, 0.1) is 10.0 Å². The summed E-state index contributed by atoms with van der Waals surface area (Å²) in [5, 5.41) is 21.3. The van der Waals surface area contributed by atoms with Gasteiger partial charge in [0.25, 0.3) is 0 Å². The molecule has 27 heavy (non-hydrogen) atoms. The third kappa shape index (κ3) is 2.79. The Morgan fingerprint density at radius 2 is 1.85 bits per heavy atom. The van der Waals surface area contributed by atoms with Gasteiger partial charge in [-0.2, -0.15) is 0 Å². The molecule has 1 aromatic carbocycles. The maximum Gasteiger partial charge on any atom is 0.493 e. The number of fused-ring (bicyclic) bond motifs is 5. The molecule has 0 aliphatic heterocycles. The van der Waals surface area contributed by atoms with Crippen molar-refractivity contribution in [1.82, 2.24) is 0 Å². The Morgan fingerprint density at radius 3 is 2.52 bits per heavy atom. The van der Waals surface area contributed by atoms with Crippen LogP contribution in [0.1, 0.15) is 77.0 Å². The SMILES string of the molecule is CC1CCC2C(C)(C)CCCC2(C)c2c1oc1c(B(O)O)c(Cl)c(Cl)cc21. The molecule has 2 N–H and O–H groups in total. The molecule has 1 aromatic heterocycles. The van der Waals surface area contributed by atoms with Crippen molar-refractivity contribution >= 4 is 46.8 Å². The lowest BCUT2D eigenvalue weighted by Gasteiger charge is -2.50. The van der Waals surface area contributed by atoms with Crippen molar-refractivity contribution in [3.63, 3.8) is 0 Å². The first-order valence-corrected chi connectivity index (χ1v) is 10.6. The van der Waals surface area contributed by atoms with Crippen LogP contribution in [0.2, 0.25) is 10.0 Å². The molecule has 4 rings (SSSR count). The van der Waals surface area contributed by atoms with E-state index in [1.54, 1.807) is 0 Å². The fraction of sp³-hybridized carbons (Fsp3) is 0.619. The molecule has 2 aromatic rings. The molecule has 2 aliphatic rings. The minimum atomic E-state index is -1.73. The number of furan rings is 1. The molecule has 1 fully saturated rings. The number of halogens is 2. The van der Waals surface area contributed by atoms with Gasteiger partial charge in [0.2, 0.25) is 0 Å². The predicted octanol–water partition coefficient (Wildman–Crippen LogP) is 5.40. The summed E-state index contributed by atoms with van der Waals surface area (Å²) in [6.45, 7) is 9.34. The highest BCUT2D eigenvalue weighted by Crippen LogP contribution is 2.59. The van der Waals surface area contributed by atoms with Gasteiger partial charge in [0.1, 0.15) is 11.3 Å². The van der Waals surface area contributed by atoms with Crippen molar-refractivity contribution in [2.24, 2.45) is 11.3 Å². The second-order valence-electron chi connectivity index (χ2n) is 9.47. The van der Waals surface area contributed by atoms with Crippen LogP contribution in [0.25, 0.3) is 11.0 Å². The van der Waals surface area contributed by atoms with Crippen molar-refractivity contribution < 1.29 is 14.5 Å². The van der Waals surface area contributed by atoms with Gasteiger partial charge in [-0.25, -0.2) is 0 Å². The Bertz CT molecular complexity index is 905. The Labute approximate surface area is 171 Å². The third-order valence-corrected chi connectivity index (χ3v) is 8.13. The predicted molar refractivity (Wildman–Crippen MR) is 112 cm³/mol. The molecule has 2 aliphatic carbocycles. The average Bonchev–Trinajstić information content (AvgIpc) is 2.88. The maximum absolute atomic E-state index is 9.94. The summed E-state index contributed by atoms with van der Waals surface area (Å²) in [5.41, 5.74) is 2.09. The molecule has 3 atom stereocenters. The summed E-state index contributed by atoms with van der Waals surface area (Å²) in [7, 11) is -1.73. The Balaban J connectivity index is 2.08. The lowest BCUT2D eigenvalue weighted by Crippen LogP contribution is -2.44. The van der Waals surface area contributed by atoms with E-state index in [-0.39, 0.29) is 27.2 Å². The molecule has 0 bridgehead atoms. The molecule has 146 valence electrons. The lowest BCUT2D eigenvalue weighted by molar-refractivity contribution is 0.0504. The van der Waals surface area contributed by atoms with Crippen LogP contribution in [0.15, 0.2) is 10.5 Å². The minimum absolute atomic E-state index is 0.0259. The Kier molecular flexibility index (Phi) is 4.67. The van der Waals surface area contributed by atoms with Gasteiger partial charge in [-0.15, -0.1) is 0 Å². The molecular weight excluding hydrogens is 382 g/mol. The summed E-state index contributed by atoms with van der Waals surface area (Å²) < 4.78 is 6.33. The van der Waals surface area contributed by atoms with E-state index in [9.17, 15) is 10.0 Å². The van der Waals surface area contributed by atoms with E-state index in [0.717, 1.165) is 24.0 Å². The summed E-state index contributed by atoms with van der Waals surface area (Å²) in [6, 6.07) is 1.86. The highest BCUT2D eigenvalue weighted by Gasteiger charge is 2.51. The summed E-state index contributed by atoms with van der Waals surface area (Å²) in [5.74, 6) is 1.78. The molecule has 0 saturated heterocycles. The van der Waals surface area contributed by atoms with E-state index in [1.165, 1.54) is 24.8 Å². The zero-order chi connectivity index (χ0) is 19.7. The topological polar surface area (TPSA) is 53.6 Å². The normalized spacial score (nSPS) is 29.9. The van der Waals surface area contributed by atoms with Crippen molar-refractivity contribution in [3.8, 4) is 0 Å². The highest BCUT2D eigenvalue weighted by molar-refractivity contribution is 6.67. The van der Waals surface area contributed by atoms with Crippen molar-refractivity contribution in [2.45, 2.75) is 71.1 Å². The van der Waals surface area contributed by atoms with Crippen LogP contribution in [0.5, 0.6) is 0 Å². The number of hydrogen-bond donors (Lipinski definition) is 2. The summed E-state index contributed by atoms with van der Waals surface area (Å²) >= 11 is 12.7. The van der Waals surface area contributed by atoms with Crippen LogP contribution >= 0.6 is 23.2 Å². The first-order chi connectivity index (χ1) is 12.6. The van der Waals surface area contributed by atoms with Gasteiger partial charge in [-0.05, 0) is 48.5 Å². The van der Waals surface area contributed by atoms with Gasteiger partial charge >= 0.3 is 7.12 Å².